The molecule has 0 amide bonds. The first-order chi connectivity index (χ1) is 9.24. The number of rotatable bonds is 0. The van der Waals surface area contributed by atoms with Crippen molar-refractivity contribution >= 4 is 0 Å². The number of hydrogen-bond acceptors (Lipinski definition) is 1. The van der Waals surface area contributed by atoms with Crippen LogP contribution in [0.1, 0.15) is 64.2 Å². The Balaban J connectivity index is 1.54. The van der Waals surface area contributed by atoms with Crippen LogP contribution in [0, 0.1) is 29.1 Å². The number of allylic oxidation sites excluding steroid dienone is 2. The van der Waals surface area contributed by atoms with Gasteiger partial charge >= 0.3 is 0 Å². The molecule has 5 aliphatic carbocycles. The van der Waals surface area contributed by atoms with Gasteiger partial charge in [-0.3, -0.25) is 0 Å². The first-order valence-corrected chi connectivity index (χ1v) is 8.72. The molecule has 0 aliphatic heterocycles. The SMILES string of the molecule is NC12CCC3=CCCCC3C1CCC13CC1CCC23. The zero-order valence-corrected chi connectivity index (χ0v) is 12.0. The topological polar surface area (TPSA) is 26.0 Å². The van der Waals surface area contributed by atoms with Gasteiger partial charge in [0.15, 0.2) is 0 Å². The predicted molar refractivity (Wildman–Crippen MR) is 77.6 cm³/mol. The Bertz CT molecular complexity index is 453. The van der Waals surface area contributed by atoms with Crippen molar-refractivity contribution in [2.45, 2.75) is 69.7 Å². The lowest BCUT2D eigenvalue weighted by molar-refractivity contribution is 0.000760. The van der Waals surface area contributed by atoms with E-state index in [4.69, 9.17) is 5.73 Å². The fraction of sp³-hybridized carbons (Fsp3) is 0.889. The van der Waals surface area contributed by atoms with Gasteiger partial charge in [-0.05, 0) is 93.3 Å². The van der Waals surface area contributed by atoms with Crippen LogP contribution in [0.15, 0.2) is 11.6 Å². The maximum atomic E-state index is 7.14. The van der Waals surface area contributed by atoms with Crippen molar-refractivity contribution in [3.8, 4) is 0 Å². The molecule has 0 saturated heterocycles. The Hall–Kier alpha value is -0.300. The third kappa shape index (κ3) is 1.27. The number of hydrogen-bond donors (Lipinski definition) is 1. The summed E-state index contributed by atoms with van der Waals surface area (Å²) >= 11 is 0. The highest BCUT2D eigenvalue weighted by atomic mass is 14.9. The minimum Gasteiger partial charge on any atom is -0.325 e. The fourth-order valence-electron chi connectivity index (χ4n) is 7.11. The molecule has 5 aliphatic rings. The van der Waals surface area contributed by atoms with Crippen molar-refractivity contribution < 1.29 is 0 Å². The largest absolute Gasteiger partial charge is 0.325 e. The third-order valence-electron chi connectivity index (χ3n) is 7.97. The third-order valence-corrected chi connectivity index (χ3v) is 7.97. The Kier molecular flexibility index (Phi) is 2.08. The van der Waals surface area contributed by atoms with Crippen LogP contribution < -0.4 is 5.73 Å². The molecule has 0 aromatic carbocycles. The standard InChI is InChI=1S/C18H27N/c19-18-10-7-12-3-1-2-4-14(12)15(18)8-9-17-11-13(17)5-6-16(17)18/h3,13-16H,1-2,4-11,19H2. The summed E-state index contributed by atoms with van der Waals surface area (Å²) in [7, 11) is 0. The molecule has 6 atom stereocenters. The molecule has 5 rings (SSSR count). The molecule has 104 valence electrons. The minimum absolute atomic E-state index is 0.225. The van der Waals surface area contributed by atoms with Crippen LogP contribution in [0.3, 0.4) is 0 Å². The monoisotopic (exact) mass is 257 g/mol. The quantitative estimate of drug-likeness (QED) is 0.651. The maximum Gasteiger partial charge on any atom is 0.0225 e. The second-order valence-electron chi connectivity index (χ2n) is 8.34. The van der Waals surface area contributed by atoms with Gasteiger partial charge in [0.05, 0.1) is 0 Å². The average molecular weight is 257 g/mol. The van der Waals surface area contributed by atoms with Crippen LogP contribution in [0.4, 0.5) is 0 Å². The van der Waals surface area contributed by atoms with Gasteiger partial charge in [-0.25, -0.2) is 0 Å². The molecule has 2 N–H and O–H groups in total. The zero-order chi connectivity index (χ0) is 12.7. The van der Waals surface area contributed by atoms with E-state index in [1.165, 1.54) is 64.2 Å². The Labute approximate surface area is 117 Å². The van der Waals surface area contributed by atoms with Crippen molar-refractivity contribution in [3.05, 3.63) is 11.6 Å². The molecule has 0 bridgehead atoms. The van der Waals surface area contributed by atoms with E-state index in [9.17, 15) is 0 Å². The summed E-state index contributed by atoms with van der Waals surface area (Å²) in [5.41, 5.74) is 9.92. The van der Waals surface area contributed by atoms with Crippen LogP contribution >= 0.6 is 0 Å². The highest BCUT2D eigenvalue weighted by Crippen LogP contribution is 2.75. The Morgan fingerprint density at radius 1 is 1.11 bits per heavy atom. The van der Waals surface area contributed by atoms with Crippen molar-refractivity contribution in [3.63, 3.8) is 0 Å². The molecule has 0 heterocycles. The van der Waals surface area contributed by atoms with E-state index in [0.29, 0.717) is 0 Å². The fourth-order valence-corrected chi connectivity index (χ4v) is 7.11. The van der Waals surface area contributed by atoms with Gasteiger partial charge < -0.3 is 5.73 Å². The van der Waals surface area contributed by atoms with Crippen molar-refractivity contribution in [1.82, 2.24) is 0 Å². The van der Waals surface area contributed by atoms with Crippen molar-refractivity contribution in [2.75, 3.05) is 0 Å². The average Bonchev–Trinajstić information content (AvgIpc) is 3.00. The number of fused-ring (bicyclic) bond motifs is 4. The Morgan fingerprint density at radius 3 is 2.95 bits per heavy atom. The predicted octanol–water partition coefficient (Wildman–Crippen LogP) is 4.03. The van der Waals surface area contributed by atoms with Gasteiger partial charge in [-0.2, -0.15) is 0 Å². The molecule has 4 fully saturated rings. The van der Waals surface area contributed by atoms with Gasteiger partial charge in [0.2, 0.25) is 0 Å². The normalized spacial score (nSPS) is 58.5. The molecular formula is C18H27N. The summed E-state index contributed by atoms with van der Waals surface area (Å²) in [5, 5.41) is 0. The molecule has 0 radical (unpaired) electrons. The first-order valence-electron chi connectivity index (χ1n) is 8.72. The highest BCUT2D eigenvalue weighted by molar-refractivity contribution is 5.27. The lowest BCUT2D eigenvalue weighted by Crippen LogP contribution is -2.62. The Morgan fingerprint density at radius 2 is 2.05 bits per heavy atom. The second-order valence-corrected chi connectivity index (χ2v) is 8.34. The lowest BCUT2D eigenvalue weighted by atomic mass is 9.51. The maximum absolute atomic E-state index is 7.14. The highest BCUT2D eigenvalue weighted by Gasteiger charge is 2.70. The van der Waals surface area contributed by atoms with Gasteiger partial charge in [-0.15, -0.1) is 0 Å². The first kappa shape index (κ1) is 11.4. The van der Waals surface area contributed by atoms with Crippen LogP contribution in [0.25, 0.3) is 0 Å². The lowest BCUT2D eigenvalue weighted by Gasteiger charge is -2.57. The van der Waals surface area contributed by atoms with Gasteiger partial charge in [0.25, 0.3) is 0 Å². The van der Waals surface area contributed by atoms with E-state index in [-0.39, 0.29) is 5.54 Å². The molecular weight excluding hydrogens is 230 g/mol. The molecule has 6 unspecified atom stereocenters. The van der Waals surface area contributed by atoms with Crippen LogP contribution in [-0.2, 0) is 0 Å². The van der Waals surface area contributed by atoms with E-state index in [2.05, 4.69) is 6.08 Å². The summed E-state index contributed by atoms with van der Waals surface area (Å²) in [6.07, 6.45) is 16.9. The summed E-state index contributed by atoms with van der Waals surface area (Å²) in [4.78, 5) is 0. The zero-order valence-electron chi connectivity index (χ0n) is 12.0. The van der Waals surface area contributed by atoms with Crippen molar-refractivity contribution in [1.29, 1.82) is 0 Å². The van der Waals surface area contributed by atoms with Crippen molar-refractivity contribution in [2.24, 2.45) is 34.8 Å². The van der Waals surface area contributed by atoms with Crippen LogP contribution in [0.2, 0.25) is 0 Å². The summed E-state index contributed by atoms with van der Waals surface area (Å²) in [6, 6.07) is 0. The molecule has 1 nitrogen and oxygen atoms in total. The van der Waals surface area contributed by atoms with E-state index in [0.717, 1.165) is 29.1 Å². The summed E-state index contributed by atoms with van der Waals surface area (Å²) in [6.45, 7) is 0. The number of nitrogens with two attached hydrogens (primary N) is 1. The molecule has 1 heteroatoms. The second kappa shape index (κ2) is 3.47. The van der Waals surface area contributed by atoms with E-state index >= 15 is 0 Å². The summed E-state index contributed by atoms with van der Waals surface area (Å²) < 4.78 is 0. The molecule has 0 aromatic heterocycles. The van der Waals surface area contributed by atoms with Crippen LogP contribution in [0.5, 0.6) is 0 Å². The van der Waals surface area contributed by atoms with E-state index in [1.54, 1.807) is 5.57 Å². The molecule has 0 aromatic rings. The van der Waals surface area contributed by atoms with Gasteiger partial charge in [-0.1, -0.05) is 11.6 Å². The van der Waals surface area contributed by atoms with E-state index in [1.807, 2.05) is 0 Å². The van der Waals surface area contributed by atoms with Gasteiger partial charge in [0.1, 0.15) is 0 Å². The molecule has 4 saturated carbocycles. The van der Waals surface area contributed by atoms with Gasteiger partial charge in [0, 0.05) is 5.54 Å². The summed E-state index contributed by atoms with van der Waals surface area (Å²) in [5.74, 6) is 3.69. The molecule has 19 heavy (non-hydrogen) atoms. The van der Waals surface area contributed by atoms with Crippen LogP contribution in [-0.4, -0.2) is 5.54 Å². The minimum atomic E-state index is 0.225. The van der Waals surface area contributed by atoms with E-state index < -0.39 is 0 Å². The smallest absolute Gasteiger partial charge is 0.0225 e. The molecule has 1 spiro atoms.